The molecule has 2 rings (SSSR count). The maximum absolute atomic E-state index is 12.9. The zero-order chi connectivity index (χ0) is 12.3. The molecule has 0 unspecified atom stereocenters. The molecule has 0 aliphatic rings. The number of hydrogen-bond acceptors (Lipinski definition) is 2. The van der Waals surface area contributed by atoms with Crippen molar-refractivity contribution in [1.82, 2.24) is 0 Å². The van der Waals surface area contributed by atoms with Crippen molar-refractivity contribution in [2.75, 3.05) is 5.73 Å². The van der Waals surface area contributed by atoms with Gasteiger partial charge in [-0.15, -0.1) is 0 Å². The van der Waals surface area contributed by atoms with Crippen LogP contribution in [0.4, 0.5) is 14.5 Å². The Balaban J connectivity index is 2.09. The highest BCUT2D eigenvalue weighted by Crippen LogP contribution is 2.23. The molecule has 0 aromatic heterocycles. The first-order chi connectivity index (χ1) is 8.15. The fourth-order valence-corrected chi connectivity index (χ4v) is 1.42. The van der Waals surface area contributed by atoms with Crippen molar-refractivity contribution in [2.45, 2.75) is 6.61 Å². The lowest BCUT2D eigenvalue weighted by Gasteiger charge is -2.08. The normalized spacial score (nSPS) is 10.2. The summed E-state index contributed by atoms with van der Waals surface area (Å²) in [5.74, 6) is -0.499. The van der Waals surface area contributed by atoms with Crippen LogP contribution in [-0.4, -0.2) is 0 Å². The second kappa shape index (κ2) is 4.82. The summed E-state index contributed by atoms with van der Waals surface area (Å²) >= 11 is 0. The molecule has 2 N–H and O–H groups in total. The first-order valence-corrected chi connectivity index (χ1v) is 5.07. The summed E-state index contributed by atoms with van der Waals surface area (Å²) in [6.45, 7) is 0.144. The van der Waals surface area contributed by atoms with Gasteiger partial charge in [-0.25, -0.2) is 8.78 Å². The number of anilines is 1. The van der Waals surface area contributed by atoms with Gasteiger partial charge in [0.05, 0.1) is 5.69 Å². The summed E-state index contributed by atoms with van der Waals surface area (Å²) in [6.07, 6.45) is 0. The van der Waals surface area contributed by atoms with Crippen molar-refractivity contribution in [3.63, 3.8) is 0 Å². The van der Waals surface area contributed by atoms with Crippen LogP contribution in [0.25, 0.3) is 0 Å². The molecule has 0 amide bonds. The molecular formula is C13H11F2NO. The molecule has 2 aromatic rings. The highest BCUT2D eigenvalue weighted by molar-refractivity contribution is 5.52. The van der Waals surface area contributed by atoms with E-state index >= 15 is 0 Å². The van der Waals surface area contributed by atoms with E-state index in [4.69, 9.17) is 10.5 Å². The summed E-state index contributed by atoms with van der Waals surface area (Å²) in [5.41, 5.74) is 6.63. The van der Waals surface area contributed by atoms with Crippen LogP contribution in [0, 0.1) is 11.6 Å². The standard InChI is InChI=1S/C13H11F2NO/c14-10-3-1-2-9(6-10)8-17-13-7-11(15)4-5-12(13)16/h1-7H,8,16H2. The molecule has 2 aromatic carbocycles. The lowest BCUT2D eigenvalue weighted by atomic mass is 10.2. The van der Waals surface area contributed by atoms with Gasteiger partial charge in [-0.05, 0) is 29.8 Å². The largest absolute Gasteiger partial charge is 0.487 e. The second-order valence-electron chi connectivity index (χ2n) is 3.60. The van der Waals surface area contributed by atoms with E-state index in [1.165, 1.54) is 30.3 Å². The minimum atomic E-state index is -0.423. The number of rotatable bonds is 3. The molecular weight excluding hydrogens is 224 g/mol. The topological polar surface area (TPSA) is 35.2 Å². The van der Waals surface area contributed by atoms with E-state index in [-0.39, 0.29) is 18.2 Å². The number of nitrogen functional groups attached to an aromatic ring is 1. The van der Waals surface area contributed by atoms with Crippen molar-refractivity contribution in [2.24, 2.45) is 0 Å². The van der Waals surface area contributed by atoms with Crippen molar-refractivity contribution in [1.29, 1.82) is 0 Å². The van der Waals surface area contributed by atoms with Crippen LogP contribution in [0.2, 0.25) is 0 Å². The monoisotopic (exact) mass is 235 g/mol. The van der Waals surface area contributed by atoms with Gasteiger partial charge in [0.15, 0.2) is 0 Å². The number of halogens is 2. The van der Waals surface area contributed by atoms with Crippen LogP contribution in [0.3, 0.4) is 0 Å². The van der Waals surface area contributed by atoms with Gasteiger partial charge in [0.1, 0.15) is 24.0 Å². The van der Waals surface area contributed by atoms with Gasteiger partial charge in [-0.1, -0.05) is 12.1 Å². The maximum Gasteiger partial charge on any atom is 0.145 e. The minimum absolute atomic E-state index is 0.144. The van der Waals surface area contributed by atoms with Crippen LogP contribution in [0.5, 0.6) is 5.75 Å². The molecule has 0 spiro atoms. The summed E-state index contributed by atoms with van der Waals surface area (Å²) in [5, 5.41) is 0. The van der Waals surface area contributed by atoms with Gasteiger partial charge in [0.25, 0.3) is 0 Å². The smallest absolute Gasteiger partial charge is 0.145 e. The van der Waals surface area contributed by atoms with Crippen LogP contribution in [0.1, 0.15) is 5.56 Å². The number of nitrogens with two attached hydrogens (primary N) is 1. The number of hydrogen-bond donors (Lipinski definition) is 1. The maximum atomic E-state index is 12.9. The molecule has 0 saturated carbocycles. The van der Waals surface area contributed by atoms with Crippen molar-refractivity contribution >= 4 is 5.69 Å². The van der Waals surface area contributed by atoms with E-state index in [0.717, 1.165) is 0 Å². The first-order valence-electron chi connectivity index (χ1n) is 5.07. The van der Waals surface area contributed by atoms with Gasteiger partial charge in [0, 0.05) is 6.07 Å². The number of ether oxygens (including phenoxy) is 1. The van der Waals surface area contributed by atoms with E-state index in [2.05, 4.69) is 0 Å². The lowest BCUT2D eigenvalue weighted by molar-refractivity contribution is 0.305. The van der Waals surface area contributed by atoms with E-state index in [0.29, 0.717) is 11.3 Å². The van der Waals surface area contributed by atoms with E-state index in [1.54, 1.807) is 12.1 Å². The molecule has 4 heteroatoms. The first kappa shape index (κ1) is 11.4. The molecule has 0 atom stereocenters. The molecule has 88 valence electrons. The lowest BCUT2D eigenvalue weighted by Crippen LogP contribution is -1.99. The van der Waals surface area contributed by atoms with Gasteiger partial charge < -0.3 is 10.5 Å². The molecule has 0 heterocycles. The Morgan fingerprint density at radius 2 is 1.76 bits per heavy atom. The highest BCUT2D eigenvalue weighted by Gasteiger charge is 2.03. The van der Waals surface area contributed by atoms with Crippen LogP contribution in [-0.2, 0) is 6.61 Å². The molecule has 0 aliphatic carbocycles. The Morgan fingerprint density at radius 3 is 2.53 bits per heavy atom. The van der Waals surface area contributed by atoms with Crippen LogP contribution < -0.4 is 10.5 Å². The molecule has 0 saturated heterocycles. The molecule has 17 heavy (non-hydrogen) atoms. The van der Waals surface area contributed by atoms with Crippen molar-refractivity contribution < 1.29 is 13.5 Å². The zero-order valence-electron chi connectivity index (χ0n) is 8.99. The summed E-state index contributed by atoms with van der Waals surface area (Å²) in [4.78, 5) is 0. The van der Waals surface area contributed by atoms with Gasteiger partial charge in [-0.3, -0.25) is 0 Å². The predicted molar refractivity (Wildman–Crippen MR) is 61.5 cm³/mol. The summed E-state index contributed by atoms with van der Waals surface area (Å²) in [6, 6.07) is 9.90. The third-order valence-corrected chi connectivity index (χ3v) is 2.26. The second-order valence-corrected chi connectivity index (χ2v) is 3.60. The average molecular weight is 235 g/mol. The SMILES string of the molecule is Nc1ccc(F)cc1OCc1cccc(F)c1. The van der Waals surface area contributed by atoms with Crippen LogP contribution >= 0.6 is 0 Å². The van der Waals surface area contributed by atoms with E-state index in [9.17, 15) is 8.78 Å². The van der Waals surface area contributed by atoms with Gasteiger partial charge in [-0.2, -0.15) is 0 Å². The summed E-state index contributed by atoms with van der Waals surface area (Å²) in [7, 11) is 0. The van der Waals surface area contributed by atoms with Crippen LogP contribution in [0.15, 0.2) is 42.5 Å². The predicted octanol–water partition coefficient (Wildman–Crippen LogP) is 3.13. The Bertz CT molecular complexity index is 529. The third kappa shape index (κ3) is 2.93. The minimum Gasteiger partial charge on any atom is -0.487 e. The average Bonchev–Trinajstić information content (AvgIpc) is 2.30. The van der Waals surface area contributed by atoms with Gasteiger partial charge in [0.2, 0.25) is 0 Å². The Morgan fingerprint density at radius 1 is 1.00 bits per heavy atom. The summed E-state index contributed by atoms with van der Waals surface area (Å²) < 4.78 is 31.2. The molecule has 0 fully saturated rings. The quantitative estimate of drug-likeness (QED) is 0.829. The Kier molecular flexibility index (Phi) is 3.23. The molecule has 0 radical (unpaired) electrons. The highest BCUT2D eigenvalue weighted by atomic mass is 19.1. The molecule has 0 bridgehead atoms. The Labute approximate surface area is 97.6 Å². The molecule has 0 aliphatic heterocycles. The van der Waals surface area contributed by atoms with E-state index in [1.807, 2.05) is 0 Å². The zero-order valence-corrected chi connectivity index (χ0v) is 8.99. The van der Waals surface area contributed by atoms with Gasteiger partial charge >= 0.3 is 0 Å². The fraction of sp³-hybridized carbons (Fsp3) is 0.0769. The third-order valence-electron chi connectivity index (χ3n) is 2.26. The van der Waals surface area contributed by atoms with Crippen molar-refractivity contribution in [3.05, 3.63) is 59.7 Å². The Hall–Kier alpha value is -2.10. The fourth-order valence-electron chi connectivity index (χ4n) is 1.42. The van der Waals surface area contributed by atoms with Crippen molar-refractivity contribution in [3.8, 4) is 5.75 Å². The number of benzene rings is 2. The molecule has 2 nitrogen and oxygen atoms in total. The van der Waals surface area contributed by atoms with E-state index < -0.39 is 5.82 Å².